The van der Waals surface area contributed by atoms with Crippen LogP contribution in [-0.2, 0) is 4.79 Å². The van der Waals surface area contributed by atoms with E-state index in [2.05, 4.69) is 4.98 Å². The quantitative estimate of drug-likeness (QED) is 0.943. The molecule has 2 N–H and O–H groups in total. The minimum atomic E-state index is -0.0907. The van der Waals surface area contributed by atoms with Gasteiger partial charge >= 0.3 is 0 Å². The largest absolute Gasteiger partial charge is 0.440 e. The molecule has 1 atom stereocenters. The van der Waals surface area contributed by atoms with E-state index in [0.29, 0.717) is 11.4 Å². The van der Waals surface area contributed by atoms with Crippen molar-refractivity contribution in [1.29, 1.82) is 0 Å². The molecule has 1 aromatic carbocycles. The number of amides is 1. The Kier molecular flexibility index (Phi) is 4.36. The van der Waals surface area contributed by atoms with Crippen LogP contribution in [0.15, 0.2) is 22.6 Å². The molecule has 5 nitrogen and oxygen atoms in total. The van der Waals surface area contributed by atoms with Gasteiger partial charge in [-0.1, -0.05) is 11.6 Å². The number of carbonyl (C=O) groups excluding carboxylic acids is 1. The normalized spacial score (nSPS) is 17.9. The van der Waals surface area contributed by atoms with Crippen LogP contribution < -0.4 is 5.73 Å². The molecule has 1 aromatic heterocycles. The van der Waals surface area contributed by atoms with Gasteiger partial charge in [-0.15, -0.1) is 0 Å². The van der Waals surface area contributed by atoms with Gasteiger partial charge in [-0.25, -0.2) is 4.98 Å². The van der Waals surface area contributed by atoms with Crippen molar-refractivity contribution in [2.75, 3.05) is 13.1 Å². The molecule has 2 heterocycles. The number of nitrogens with zero attached hydrogens (tertiary/aromatic N) is 2. The minimum Gasteiger partial charge on any atom is -0.440 e. The molecule has 1 fully saturated rings. The van der Waals surface area contributed by atoms with Crippen molar-refractivity contribution < 1.29 is 9.21 Å². The summed E-state index contributed by atoms with van der Waals surface area (Å²) in [7, 11) is 0. The van der Waals surface area contributed by atoms with Crippen LogP contribution in [0.2, 0.25) is 5.02 Å². The SMILES string of the molecule is CC(N)CC(=O)N1CCC(c2nc3cc(Cl)ccc3o2)CC1. The van der Waals surface area contributed by atoms with Crippen LogP contribution in [0.25, 0.3) is 11.1 Å². The summed E-state index contributed by atoms with van der Waals surface area (Å²) in [4.78, 5) is 18.5. The lowest BCUT2D eigenvalue weighted by Gasteiger charge is -2.31. The Morgan fingerprint density at radius 2 is 2.23 bits per heavy atom. The van der Waals surface area contributed by atoms with Crippen molar-refractivity contribution in [2.45, 2.75) is 38.1 Å². The monoisotopic (exact) mass is 321 g/mol. The third-order valence-electron chi connectivity index (χ3n) is 4.06. The Bertz CT molecular complexity index is 675. The van der Waals surface area contributed by atoms with E-state index in [4.69, 9.17) is 21.8 Å². The molecule has 0 aliphatic carbocycles. The van der Waals surface area contributed by atoms with Gasteiger partial charge in [0.2, 0.25) is 5.91 Å². The van der Waals surface area contributed by atoms with E-state index < -0.39 is 0 Å². The van der Waals surface area contributed by atoms with E-state index in [0.717, 1.165) is 42.9 Å². The predicted molar refractivity (Wildman–Crippen MR) is 85.8 cm³/mol. The number of fused-ring (bicyclic) bond motifs is 1. The minimum absolute atomic E-state index is 0.0907. The molecule has 1 saturated heterocycles. The number of hydrogen-bond acceptors (Lipinski definition) is 4. The zero-order valence-electron chi connectivity index (χ0n) is 12.6. The maximum atomic E-state index is 12.0. The zero-order valence-corrected chi connectivity index (χ0v) is 13.3. The summed E-state index contributed by atoms with van der Waals surface area (Å²) in [5, 5.41) is 0.656. The third kappa shape index (κ3) is 3.25. The molecule has 2 aromatic rings. The molecule has 0 bridgehead atoms. The van der Waals surface area contributed by atoms with Crippen LogP contribution >= 0.6 is 11.6 Å². The van der Waals surface area contributed by atoms with E-state index >= 15 is 0 Å². The maximum absolute atomic E-state index is 12.0. The fourth-order valence-corrected chi connectivity index (χ4v) is 3.04. The van der Waals surface area contributed by atoms with Crippen molar-refractivity contribution in [3.05, 3.63) is 29.1 Å². The summed E-state index contributed by atoms with van der Waals surface area (Å²) < 4.78 is 5.83. The van der Waals surface area contributed by atoms with Gasteiger partial charge < -0.3 is 15.1 Å². The first kappa shape index (κ1) is 15.3. The van der Waals surface area contributed by atoms with Gasteiger partial charge in [-0.3, -0.25) is 4.79 Å². The summed E-state index contributed by atoms with van der Waals surface area (Å²) in [6, 6.07) is 5.36. The number of piperidine rings is 1. The summed E-state index contributed by atoms with van der Waals surface area (Å²) in [6.07, 6.45) is 2.14. The summed E-state index contributed by atoms with van der Waals surface area (Å²) in [5.41, 5.74) is 7.24. The highest BCUT2D eigenvalue weighted by atomic mass is 35.5. The molecule has 6 heteroatoms. The second-order valence-corrected chi connectivity index (χ2v) is 6.44. The molecule has 1 aliphatic heterocycles. The van der Waals surface area contributed by atoms with Crippen molar-refractivity contribution in [3.63, 3.8) is 0 Å². The van der Waals surface area contributed by atoms with Crippen LogP contribution in [-0.4, -0.2) is 34.9 Å². The second kappa shape index (κ2) is 6.26. The Morgan fingerprint density at radius 3 is 2.91 bits per heavy atom. The number of oxazole rings is 1. The first-order chi connectivity index (χ1) is 10.5. The predicted octanol–water partition coefficient (Wildman–Crippen LogP) is 2.92. The molecule has 22 heavy (non-hydrogen) atoms. The van der Waals surface area contributed by atoms with Gasteiger partial charge in [0.25, 0.3) is 0 Å². The maximum Gasteiger partial charge on any atom is 0.224 e. The fraction of sp³-hybridized carbons (Fsp3) is 0.500. The number of carbonyl (C=O) groups is 1. The average molecular weight is 322 g/mol. The lowest BCUT2D eigenvalue weighted by molar-refractivity contribution is -0.132. The summed E-state index contributed by atoms with van der Waals surface area (Å²) >= 11 is 5.97. The first-order valence-corrected chi connectivity index (χ1v) is 8.00. The lowest BCUT2D eigenvalue weighted by Crippen LogP contribution is -2.40. The van der Waals surface area contributed by atoms with Gasteiger partial charge in [0.05, 0.1) is 0 Å². The number of halogens is 1. The topological polar surface area (TPSA) is 72.4 Å². The molecule has 1 amide bonds. The molecule has 0 spiro atoms. The standard InChI is InChI=1S/C16H20ClN3O2/c1-10(18)8-15(21)20-6-4-11(5-7-20)16-19-13-9-12(17)2-3-14(13)22-16/h2-3,9-11H,4-8,18H2,1H3. The number of hydrogen-bond donors (Lipinski definition) is 1. The zero-order chi connectivity index (χ0) is 15.7. The number of likely N-dealkylation sites (tertiary alicyclic amines) is 1. The highest BCUT2D eigenvalue weighted by molar-refractivity contribution is 6.31. The van der Waals surface area contributed by atoms with E-state index in [1.807, 2.05) is 24.0 Å². The molecular weight excluding hydrogens is 302 g/mol. The number of benzene rings is 1. The van der Waals surface area contributed by atoms with Crippen molar-refractivity contribution in [2.24, 2.45) is 5.73 Å². The van der Waals surface area contributed by atoms with Crippen LogP contribution in [0.4, 0.5) is 0 Å². The van der Waals surface area contributed by atoms with Crippen LogP contribution in [0.5, 0.6) is 0 Å². The molecular formula is C16H20ClN3O2. The lowest BCUT2D eigenvalue weighted by atomic mass is 9.96. The van der Waals surface area contributed by atoms with Crippen LogP contribution in [0, 0.1) is 0 Å². The van der Waals surface area contributed by atoms with E-state index in [9.17, 15) is 4.79 Å². The first-order valence-electron chi connectivity index (χ1n) is 7.62. The van der Waals surface area contributed by atoms with E-state index in [1.54, 1.807) is 6.07 Å². The van der Waals surface area contributed by atoms with Crippen LogP contribution in [0.3, 0.4) is 0 Å². The van der Waals surface area contributed by atoms with Crippen molar-refractivity contribution in [1.82, 2.24) is 9.88 Å². The molecule has 0 radical (unpaired) electrons. The summed E-state index contributed by atoms with van der Waals surface area (Å²) in [6.45, 7) is 3.32. The van der Waals surface area contributed by atoms with Gasteiger partial charge in [0.1, 0.15) is 5.52 Å². The van der Waals surface area contributed by atoms with E-state index in [-0.39, 0.29) is 17.9 Å². The Balaban J connectivity index is 1.66. The molecule has 1 aliphatic rings. The van der Waals surface area contributed by atoms with Crippen molar-refractivity contribution >= 4 is 28.6 Å². The Morgan fingerprint density at radius 1 is 1.50 bits per heavy atom. The molecule has 1 unspecified atom stereocenters. The third-order valence-corrected chi connectivity index (χ3v) is 4.29. The number of rotatable bonds is 3. The molecule has 118 valence electrons. The second-order valence-electron chi connectivity index (χ2n) is 6.00. The van der Waals surface area contributed by atoms with Gasteiger partial charge in [0, 0.05) is 36.5 Å². The molecule has 0 saturated carbocycles. The Hall–Kier alpha value is -1.59. The van der Waals surface area contributed by atoms with Gasteiger partial charge in [-0.2, -0.15) is 0 Å². The molecule has 3 rings (SSSR count). The van der Waals surface area contributed by atoms with Gasteiger partial charge in [-0.05, 0) is 38.0 Å². The number of nitrogens with two attached hydrogens (primary N) is 1. The highest BCUT2D eigenvalue weighted by Gasteiger charge is 2.27. The Labute approximate surface area is 134 Å². The van der Waals surface area contributed by atoms with Crippen molar-refractivity contribution in [3.8, 4) is 0 Å². The average Bonchev–Trinajstić information content (AvgIpc) is 2.89. The highest BCUT2D eigenvalue weighted by Crippen LogP contribution is 2.30. The smallest absolute Gasteiger partial charge is 0.224 e. The van der Waals surface area contributed by atoms with Crippen LogP contribution in [0.1, 0.15) is 38.0 Å². The fourth-order valence-electron chi connectivity index (χ4n) is 2.87. The summed E-state index contributed by atoms with van der Waals surface area (Å²) in [5.74, 6) is 1.14. The number of aromatic nitrogens is 1. The van der Waals surface area contributed by atoms with E-state index in [1.165, 1.54) is 0 Å². The van der Waals surface area contributed by atoms with Gasteiger partial charge in [0.15, 0.2) is 11.5 Å².